The highest BCUT2D eigenvalue weighted by atomic mass is 32.2. The van der Waals surface area contributed by atoms with Crippen LogP contribution in [0.3, 0.4) is 0 Å². The van der Waals surface area contributed by atoms with Gasteiger partial charge in [-0.1, -0.05) is 36.0 Å². The summed E-state index contributed by atoms with van der Waals surface area (Å²) in [6, 6.07) is 7.83. The average Bonchev–Trinajstić information content (AvgIpc) is 3.28. The zero-order valence-electron chi connectivity index (χ0n) is 14.7. The molecule has 0 saturated carbocycles. The van der Waals surface area contributed by atoms with E-state index in [0.717, 1.165) is 11.3 Å². The summed E-state index contributed by atoms with van der Waals surface area (Å²) in [5.41, 5.74) is 1.95. The zero-order chi connectivity index (χ0) is 18.5. The molecule has 2 heterocycles. The molecule has 3 aromatic rings. The quantitative estimate of drug-likeness (QED) is 0.623. The minimum Gasteiger partial charge on any atom is -0.348 e. The number of tetrazole rings is 1. The maximum absolute atomic E-state index is 12.3. The molecule has 0 unspecified atom stereocenters. The van der Waals surface area contributed by atoms with Gasteiger partial charge in [0.2, 0.25) is 17.0 Å². The van der Waals surface area contributed by atoms with Gasteiger partial charge in [-0.25, -0.2) is 0 Å². The number of aryl methyl sites for hydroxylation is 2. The van der Waals surface area contributed by atoms with Crippen LogP contribution in [0.25, 0.3) is 5.69 Å². The predicted octanol–water partition coefficient (Wildman–Crippen LogP) is 1.71. The van der Waals surface area contributed by atoms with E-state index in [9.17, 15) is 4.79 Å². The second-order valence-electron chi connectivity index (χ2n) is 5.65. The van der Waals surface area contributed by atoms with Crippen LogP contribution in [0.1, 0.15) is 31.1 Å². The Bertz CT molecular complexity index is 892. The summed E-state index contributed by atoms with van der Waals surface area (Å²) >= 11 is 1.28. The molecule has 0 fully saturated rings. The van der Waals surface area contributed by atoms with Gasteiger partial charge in [-0.05, 0) is 42.0 Å². The van der Waals surface area contributed by atoms with Crippen LogP contribution in [0.15, 0.2) is 33.9 Å². The molecule has 1 N–H and O–H groups in total. The number of aromatic nitrogens is 6. The second-order valence-corrected chi connectivity index (χ2v) is 6.96. The lowest BCUT2D eigenvalue weighted by Gasteiger charge is -2.11. The number of carbonyl (C=O) groups is 1. The summed E-state index contributed by atoms with van der Waals surface area (Å²) in [5.74, 6) is 0.850. The SMILES string of the molecule is CCc1nc(CNC(=O)[C@H](C)Sc2nnnn2-c2cccc(C)c2)no1. The number of thioether (sulfide) groups is 1. The molecule has 0 bridgehead atoms. The lowest BCUT2D eigenvalue weighted by atomic mass is 10.2. The molecule has 3 rings (SSSR count). The molecule has 0 spiro atoms. The highest BCUT2D eigenvalue weighted by Gasteiger charge is 2.19. The Balaban J connectivity index is 1.62. The van der Waals surface area contributed by atoms with Gasteiger partial charge >= 0.3 is 0 Å². The van der Waals surface area contributed by atoms with E-state index in [2.05, 4.69) is 31.0 Å². The van der Waals surface area contributed by atoms with E-state index in [1.807, 2.05) is 38.1 Å². The molecule has 0 saturated heterocycles. The lowest BCUT2D eigenvalue weighted by molar-refractivity contribution is -0.120. The number of rotatable bonds is 7. The standard InChI is InChI=1S/C16H19N7O2S/c1-4-14-18-13(20-25-14)9-17-15(24)11(3)26-16-19-21-22-23(16)12-7-5-6-10(2)8-12/h5-8,11H,4,9H2,1-3H3,(H,17,24)/t11-/m0/s1. The van der Waals surface area contributed by atoms with E-state index in [1.165, 1.54) is 11.8 Å². The van der Waals surface area contributed by atoms with Gasteiger partial charge in [-0.15, -0.1) is 5.10 Å². The summed E-state index contributed by atoms with van der Waals surface area (Å²) < 4.78 is 6.64. The number of hydrogen-bond acceptors (Lipinski definition) is 8. The van der Waals surface area contributed by atoms with Crippen molar-refractivity contribution in [3.63, 3.8) is 0 Å². The van der Waals surface area contributed by atoms with Crippen LogP contribution >= 0.6 is 11.8 Å². The second kappa shape index (κ2) is 8.09. The number of amides is 1. The molecule has 0 aliphatic carbocycles. The first-order valence-corrected chi connectivity index (χ1v) is 9.06. The van der Waals surface area contributed by atoms with Gasteiger partial charge in [-0.3, -0.25) is 4.79 Å². The van der Waals surface area contributed by atoms with Crippen LogP contribution in [0, 0.1) is 6.92 Å². The topological polar surface area (TPSA) is 112 Å². The number of nitrogens with zero attached hydrogens (tertiary/aromatic N) is 6. The van der Waals surface area contributed by atoms with E-state index in [-0.39, 0.29) is 17.7 Å². The van der Waals surface area contributed by atoms with E-state index < -0.39 is 0 Å². The highest BCUT2D eigenvalue weighted by Crippen LogP contribution is 2.23. The first kappa shape index (κ1) is 18.1. The van der Waals surface area contributed by atoms with Gasteiger partial charge in [0.25, 0.3) is 0 Å². The van der Waals surface area contributed by atoms with Gasteiger partial charge in [0.15, 0.2) is 5.82 Å². The summed E-state index contributed by atoms with van der Waals surface area (Å²) in [7, 11) is 0. The summed E-state index contributed by atoms with van der Waals surface area (Å²) in [5, 5.41) is 18.5. The number of benzene rings is 1. The fourth-order valence-electron chi connectivity index (χ4n) is 2.20. The van der Waals surface area contributed by atoms with E-state index in [0.29, 0.717) is 23.3 Å². The summed E-state index contributed by atoms with van der Waals surface area (Å²) in [6.45, 7) is 5.94. The summed E-state index contributed by atoms with van der Waals surface area (Å²) in [4.78, 5) is 16.5. The molecular formula is C16H19N7O2S. The molecule has 0 aliphatic rings. The molecule has 1 aromatic carbocycles. The smallest absolute Gasteiger partial charge is 0.233 e. The van der Waals surface area contributed by atoms with E-state index >= 15 is 0 Å². The monoisotopic (exact) mass is 373 g/mol. The van der Waals surface area contributed by atoms with E-state index in [1.54, 1.807) is 11.6 Å². The molecular weight excluding hydrogens is 354 g/mol. The van der Waals surface area contributed by atoms with Crippen molar-refractivity contribution in [3.8, 4) is 5.69 Å². The minimum atomic E-state index is -0.387. The Morgan fingerprint density at radius 1 is 1.42 bits per heavy atom. The van der Waals surface area contributed by atoms with Gasteiger partial charge in [-0.2, -0.15) is 9.67 Å². The fourth-order valence-corrected chi connectivity index (χ4v) is 3.03. The molecule has 1 atom stereocenters. The Kier molecular flexibility index (Phi) is 5.61. The summed E-state index contributed by atoms with van der Waals surface area (Å²) in [6.07, 6.45) is 0.662. The third-order valence-electron chi connectivity index (χ3n) is 3.57. The van der Waals surface area contributed by atoms with Crippen molar-refractivity contribution >= 4 is 17.7 Å². The first-order valence-electron chi connectivity index (χ1n) is 8.18. The van der Waals surface area contributed by atoms with Gasteiger partial charge in [0.1, 0.15) is 0 Å². The molecule has 2 aromatic heterocycles. The maximum atomic E-state index is 12.3. The number of nitrogens with one attached hydrogen (secondary N) is 1. The molecule has 136 valence electrons. The fraction of sp³-hybridized carbons (Fsp3) is 0.375. The van der Waals surface area contributed by atoms with Crippen molar-refractivity contribution in [2.75, 3.05) is 0 Å². The van der Waals surface area contributed by atoms with Crippen molar-refractivity contribution in [3.05, 3.63) is 41.5 Å². The average molecular weight is 373 g/mol. The van der Waals surface area contributed by atoms with Crippen LogP contribution in [0.5, 0.6) is 0 Å². The predicted molar refractivity (Wildman–Crippen MR) is 94.7 cm³/mol. The van der Waals surface area contributed by atoms with Gasteiger partial charge < -0.3 is 9.84 Å². The van der Waals surface area contributed by atoms with Crippen molar-refractivity contribution in [1.82, 2.24) is 35.7 Å². The van der Waals surface area contributed by atoms with Crippen LogP contribution in [0.4, 0.5) is 0 Å². The van der Waals surface area contributed by atoms with Crippen LogP contribution < -0.4 is 5.32 Å². The third-order valence-corrected chi connectivity index (χ3v) is 4.60. The largest absolute Gasteiger partial charge is 0.348 e. The van der Waals surface area contributed by atoms with Crippen LogP contribution in [-0.2, 0) is 17.8 Å². The van der Waals surface area contributed by atoms with Gasteiger partial charge in [0, 0.05) is 6.42 Å². The van der Waals surface area contributed by atoms with Crippen molar-refractivity contribution < 1.29 is 9.32 Å². The van der Waals surface area contributed by atoms with Crippen LogP contribution in [0.2, 0.25) is 0 Å². The molecule has 0 aliphatic heterocycles. The van der Waals surface area contributed by atoms with Crippen LogP contribution in [-0.4, -0.2) is 41.5 Å². The first-order chi connectivity index (χ1) is 12.6. The third kappa shape index (κ3) is 4.26. The van der Waals surface area contributed by atoms with E-state index in [4.69, 9.17) is 4.52 Å². The highest BCUT2D eigenvalue weighted by molar-refractivity contribution is 8.00. The molecule has 1 amide bonds. The zero-order valence-corrected chi connectivity index (χ0v) is 15.5. The Morgan fingerprint density at radius 3 is 3.00 bits per heavy atom. The molecule has 0 radical (unpaired) electrons. The molecule has 9 nitrogen and oxygen atoms in total. The van der Waals surface area contributed by atoms with Gasteiger partial charge in [0.05, 0.1) is 17.5 Å². The number of carbonyl (C=O) groups excluding carboxylic acids is 1. The van der Waals surface area contributed by atoms with Crippen molar-refractivity contribution in [2.24, 2.45) is 0 Å². The molecule has 26 heavy (non-hydrogen) atoms. The molecule has 10 heteroatoms. The minimum absolute atomic E-state index is 0.156. The normalized spacial score (nSPS) is 12.1. The van der Waals surface area contributed by atoms with Crippen molar-refractivity contribution in [2.45, 2.75) is 44.1 Å². The van der Waals surface area contributed by atoms with Crippen molar-refractivity contribution in [1.29, 1.82) is 0 Å². The number of hydrogen-bond donors (Lipinski definition) is 1. The lowest BCUT2D eigenvalue weighted by Crippen LogP contribution is -2.31. The maximum Gasteiger partial charge on any atom is 0.233 e. The Hall–Kier alpha value is -2.75. The Labute approximate surface area is 154 Å². The Morgan fingerprint density at radius 2 is 2.27 bits per heavy atom.